The lowest BCUT2D eigenvalue weighted by molar-refractivity contribution is 0.178. The van der Waals surface area contributed by atoms with Gasteiger partial charge in [0.05, 0.1) is 12.3 Å². The van der Waals surface area contributed by atoms with Gasteiger partial charge in [-0.3, -0.25) is 0 Å². The highest BCUT2D eigenvalue weighted by molar-refractivity contribution is 5.99. The van der Waals surface area contributed by atoms with Crippen LogP contribution in [0.2, 0.25) is 0 Å². The minimum Gasteiger partial charge on any atom is -0.389 e. The van der Waals surface area contributed by atoms with E-state index >= 15 is 0 Å². The Balaban J connectivity index is 1.79. The number of H-pyrrole nitrogens is 1. The van der Waals surface area contributed by atoms with Gasteiger partial charge in [-0.1, -0.05) is 36.1 Å². The molecule has 0 fully saturated rings. The second kappa shape index (κ2) is 8.27. The summed E-state index contributed by atoms with van der Waals surface area (Å²) in [6, 6.07) is 13.9. The van der Waals surface area contributed by atoms with E-state index < -0.39 is 5.82 Å². The molecule has 152 valence electrons. The van der Waals surface area contributed by atoms with Gasteiger partial charge < -0.3 is 14.6 Å². The van der Waals surface area contributed by atoms with Crippen molar-refractivity contribution in [3.63, 3.8) is 0 Å². The van der Waals surface area contributed by atoms with Crippen molar-refractivity contribution in [3.05, 3.63) is 84.1 Å². The van der Waals surface area contributed by atoms with Crippen molar-refractivity contribution < 1.29 is 14.0 Å². The normalized spacial score (nSPS) is 11.8. The number of aliphatic imine (C=N–C) groups is 1. The number of halogens is 1. The summed E-state index contributed by atoms with van der Waals surface area (Å²) in [4.78, 5) is 12.6. The molecular weight excluding hydrogens is 387 g/mol. The Morgan fingerprint density at radius 3 is 2.83 bits per heavy atom. The quantitative estimate of drug-likeness (QED) is 0.290. The van der Waals surface area contributed by atoms with E-state index in [9.17, 15) is 4.39 Å². The van der Waals surface area contributed by atoms with E-state index in [0.717, 1.165) is 16.5 Å². The molecule has 0 bridgehead atoms. The molecule has 3 N–H and O–H groups in total. The first-order valence-electron chi connectivity index (χ1n) is 9.03. The number of hydrogen-bond donors (Lipinski definition) is 2. The van der Waals surface area contributed by atoms with Gasteiger partial charge in [-0.25, -0.2) is 14.1 Å². The van der Waals surface area contributed by atoms with Crippen molar-refractivity contribution in [2.75, 3.05) is 7.11 Å². The summed E-state index contributed by atoms with van der Waals surface area (Å²) in [7, 11) is 1.51. The zero-order valence-electron chi connectivity index (χ0n) is 16.2. The predicted octanol–water partition coefficient (Wildman–Crippen LogP) is 3.34. The van der Waals surface area contributed by atoms with Crippen LogP contribution >= 0.6 is 0 Å². The van der Waals surface area contributed by atoms with Crippen LogP contribution in [-0.4, -0.2) is 33.0 Å². The number of fused-ring (bicyclic) bond motifs is 1. The third-order valence-electron chi connectivity index (χ3n) is 4.58. The number of hydrogen-bond acceptors (Lipinski definition) is 6. The summed E-state index contributed by atoms with van der Waals surface area (Å²) in [6.45, 7) is 4.12. The molecule has 8 nitrogen and oxygen atoms in total. The minimum atomic E-state index is -0.456. The Bertz CT molecular complexity index is 1240. The molecule has 2 aromatic heterocycles. The van der Waals surface area contributed by atoms with E-state index in [0.29, 0.717) is 11.4 Å². The van der Waals surface area contributed by atoms with Gasteiger partial charge in [0.15, 0.2) is 5.69 Å². The maximum absolute atomic E-state index is 14.3. The zero-order chi connectivity index (χ0) is 21.1. The van der Waals surface area contributed by atoms with Gasteiger partial charge in [-0.15, -0.1) is 5.10 Å². The predicted molar refractivity (Wildman–Crippen MR) is 111 cm³/mol. The van der Waals surface area contributed by atoms with Crippen molar-refractivity contribution in [2.24, 2.45) is 10.9 Å². The lowest BCUT2D eigenvalue weighted by Gasteiger charge is -2.09. The van der Waals surface area contributed by atoms with Gasteiger partial charge in [0.25, 0.3) is 5.90 Å². The van der Waals surface area contributed by atoms with E-state index in [-0.39, 0.29) is 23.9 Å². The first-order valence-corrected chi connectivity index (χ1v) is 9.03. The molecule has 30 heavy (non-hydrogen) atoms. The largest absolute Gasteiger partial charge is 0.389 e. The maximum atomic E-state index is 14.3. The molecule has 0 atom stereocenters. The summed E-state index contributed by atoms with van der Waals surface area (Å²) in [5, 5.41) is 9.11. The molecule has 4 aromatic rings. The first-order chi connectivity index (χ1) is 14.6. The number of methoxy groups -OCH3 is 1. The molecule has 0 aliphatic heterocycles. The Hall–Kier alpha value is -3.82. The topological polar surface area (TPSA) is 103 Å². The van der Waals surface area contributed by atoms with Gasteiger partial charge in [-0.05, 0) is 24.3 Å². The lowest BCUT2D eigenvalue weighted by atomic mass is 10.1. The standard InChI is InChI=1S/C21H19FN6O2/c1-13(14-6-5-8-17-15(14)10-11-24-17)25-21(30-23)20-19(12-29-2)28(27-26-20)18-9-4-3-7-16(18)22/h3-11,24H,1,12,23H2,2H3/b25-21-. The van der Waals surface area contributed by atoms with Crippen molar-refractivity contribution in [1.82, 2.24) is 20.0 Å². The Morgan fingerprint density at radius 2 is 2.07 bits per heavy atom. The zero-order valence-corrected chi connectivity index (χ0v) is 16.2. The van der Waals surface area contributed by atoms with Crippen LogP contribution < -0.4 is 5.90 Å². The van der Waals surface area contributed by atoms with Gasteiger partial charge >= 0.3 is 0 Å². The molecule has 0 amide bonds. The van der Waals surface area contributed by atoms with Crippen LogP contribution in [0.15, 0.2) is 66.3 Å². The smallest absolute Gasteiger partial charge is 0.267 e. The van der Waals surface area contributed by atoms with E-state index in [1.54, 1.807) is 18.2 Å². The molecule has 2 heterocycles. The van der Waals surface area contributed by atoms with Crippen molar-refractivity contribution >= 4 is 22.5 Å². The number of para-hydroxylation sites is 1. The molecule has 4 rings (SSSR count). The third kappa shape index (κ3) is 3.47. The second-order valence-electron chi connectivity index (χ2n) is 6.41. The van der Waals surface area contributed by atoms with Crippen LogP contribution in [-0.2, 0) is 16.2 Å². The Kier molecular flexibility index (Phi) is 5.38. The van der Waals surface area contributed by atoms with Crippen molar-refractivity contribution in [1.29, 1.82) is 0 Å². The summed E-state index contributed by atoms with van der Waals surface area (Å²) in [5.74, 6) is 5.03. The van der Waals surface area contributed by atoms with Gasteiger partial charge in [-0.2, -0.15) is 5.90 Å². The Morgan fingerprint density at radius 1 is 1.23 bits per heavy atom. The van der Waals surface area contributed by atoms with Crippen LogP contribution in [0.1, 0.15) is 17.0 Å². The van der Waals surface area contributed by atoms with E-state index in [1.165, 1.54) is 17.9 Å². The molecular formula is C21H19FN6O2. The number of aromatic amines is 1. The van der Waals surface area contributed by atoms with Crippen LogP contribution in [0.3, 0.4) is 0 Å². The molecule has 0 aliphatic carbocycles. The summed E-state index contributed by atoms with van der Waals surface area (Å²) < 4.78 is 20.9. The van der Waals surface area contributed by atoms with Crippen LogP contribution in [0, 0.1) is 5.82 Å². The summed E-state index contributed by atoms with van der Waals surface area (Å²) >= 11 is 0. The number of nitrogens with zero attached hydrogens (tertiary/aromatic N) is 4. The molecule has 0 unspecified atom stereocenters. The van der Waals surface area contributed by atoms with Crippen LogP contribution in [0.4, 0.5) is 4.39 Å². The van der Waals surface area contributed by atoms with E-state index in [2.05, 4.69) is 26.9 Å². The number of benzene rings is 2. The maximum Gasteiger partial charge on any atom is 0.267 e. The van der Waals surface area contributed by atoms with Gasteiger partial charge in [0.2, 0.25) is 0 Å². The number of aromatic nitrogens is 4. The first kappa shape index (κ1) is 19.5. The number of ether oxygens (including phenoxy) is 1. The molecule has 0 aliphatic rings. The average molecular weight is 406 g/mol. The SMILES string of the molecule is C=C(/N=C(\ON)c1nnn(-c2ccccc2F)c1COC)c1cccc2[nH]ccc12. The number of nitrogens with two attached hydrogens (primary N) is 1. The van der Waals surface area contributed by atoms with Crippen LogP contribution in [0.25, 0.3) is 22.3 Å². The fraction of sp³-hybridized carbons (Fsp3) is 0.0952. The van der Waals surface area contributed by atoms with Gasteiger partial charge in [0, 0.05) is 29.8 Å². The van der Waals surface area contributed by atoms with Crippen molar-refractivity contribution in [3.8, 4) is 5.69 Å². The number of rotatable bonds is 6. The van der Waals surface area contributed by atoms with Crippen molar-refractivity contribution in [2.45, 2.75) is 6.61 Å². The fourth-order valence-electron chi connectivity index (χ4n) is 3.21. The molecule has 9 heteroatoms. The summed E-state index contributed by atoms with van der Waals surface area (Å²) in [6.07, 6.45) is 1.84. The molecule has 0 radical (unpaired) electrons. The third-order valence-corrected chi connectivity index (χ3v) is 4.58. The molecule has 0 saturated carbocycles. The lowest BCUT2D eigenvalue weighted by Crippen LogP contribution is -2.16. The Labute approximate surface area is 171 Å². The monoisotopic (exact) mass is 406 g/mol. The summed E-state index contributed by atoms with van der Waals surface area (Å²) in [5.41, 5.74) is 3.05. The van der Waals surface area contributed by atoms with E-state index in [1.807, 2.05) is 30.5 Å². The highest BCUT2D eigenvalue weighted by Crippen LogP contribution is 2.25. The molecule has 0 spiro atoms. The van der Waals surface area contributed by atoms with Gasteiger partial charge in [0.1, 0.15) is 17.2 Å². The minimum absolute atomic E-state index is 0.0119. The van der Waals surface area contributed by atoms with Crippen LogP contribution in [0.5, 0.6) is 0 Å². The fourth-order valence-corrected chi connectivity index (χ4v) is 3.21. The van der Waals surface area contributed by atoms with E-state index in [4.69, 9.17) is 15.5 Å². The molecule has 2 aromatic carbocycles. The highest BCUT2D eigenvalue weighted by Gasteiger charge is 2.22. The number of nitrogens with one attached hydrogen (secondary N) is 1. The molecule has 0 saturated heterocycles. The second-order valence-corrected chi connectivity index (χ2v) is 6.41. The highest BCUT2D eigenvalue weighted by atomic mass is 19.1. The average Bonchev–Trinajstić information content (AvgIpc) is 3.39.